The molecular weight excluding hydrogens is 366 g/mol. The summed E-state index contributed by atoms with van der Waals surface area (Å²) in [5.74, 6) is 1.76. The van der Waals surface area contributed by atoms with Crippen LogP contribution in [0, 0.1) is 6.92 Å². The lowest BCUT2D eigenvalue weighted by Crippen LogP contribution is -3.10. The first-order valence-corrected chi connectivity index (χ1v) is 10.3. The highest BCUT2D eigenvalue weighted by molar-refractivity contribution is 5.86. The van der Waals surface area contributed by atoms with Gasteiger partial charge in [-0.25, -0.2) is 4.79 Å². The third-order valence-corrected chi connectivity index (χ3v) is 5.67. The predicted molar refractivity (Wildman–Crippen MR) is 113 cm³/mol. The molecule has 152 valence electrons. The number of quaternary nitrogens is 1. The van der Waals surface area contributed by atoms with Crippen molar-refractivity contribution in [2.45, 2.75) is 46.2 Å². The Kier molecular flexibility index (Phi) is 5.58. The van der Waals surface area contributed by atoms with Crippen molar-refractivity contribution in [2.24, 2.45) is 0 Å². The lowest BCUT2D eigenvalue weighted by atomic mass is 9.98. The molecule has 0 amide bonds. The number of ether oxygens (including phenoxy) is 2. The van der Waals surface area contributed by atoms with Gasteiger partial charge in [0.1, 0.15) is 30.2 Å². The molecule has 0 fully saturated rings. The molecule has 4 rings (SSSR count). The van der Waals surface area contributed by atoms with Crippen LogP contribution in [0.5, 0.6) is 11.5 Å². The summed E-state index contributed by atoms with van der Waals surface area (Å²) in [6.07, 6.45) is 3.03. The largest absolute Gasteiger partial charge is 0.496 e. The SMILES string of the molecule is CCCCc1cc(=O)oc2c(C)c3c(cc12)C[NH+](Cc1ccccc1OC)CO3. The van der Waals surface area contributed by atoms with Crippen LogP contribution in [0.15, 0.2) is 45.6 Å². The van der Waals surface area contributed by atoms with E-state index in [0.29, 0.717) is 12.3 Å². The number of unbranched alkanes of at least 4 members (excludes halogenated alkanes) is 1. The molecule has 1 aliphatic heterocycles. The monoisotopic (exact) mass is 394 g/mol. The highest BCUT2D eigenvalue weighted by Crippen LogP contribution is 2.33. The molecule has 0 radical (unpaired) electrons. The van der Waals surface area contributed by atoms with Crippen molar-refractivity contribution in [2.75, 3.05) is 13.8 Å². The van der Waals surface area contributed by atoms with Crippen LogP contribution in [0.1, 0.15) is 42.0 Å². The second-order valence-corrected chi connectivity index (χ2v) is 7.76. The first-order chi connectivity index (χ1) is 14.1. The molecule has 0 saturated heterocycles. The number of benzene rings is 2. The lowest BCUT2D eigenvalue weighted by Gasteiger charge is -2.28. The van der Waals surface area contributed by atoms with Gasteiger partial charge in [0, 0.05) is 28.1 Å². The summed E-state index contributed by atoms with van der Waals surface area (Å²) in [5, 5.41) is 1.04. The average molecular weight is 394 g/mol. The molecule has 1 N–H and O–H groups in total. The summed E-state index contributed by atoms with van der Waals surface area (Å²) in [4.78, 5) is 13.4. The van der Waals surface area contributed by atoms with Crippen molar-refractivity contribution in [3.8, 4) is 11.5 Å². The van der Waals surface area contributed by atoms with Gasteiger partial charge in [-0.1, -0.05) is 25.5 Å². The van der Waals surface area contributed by atoms with E-state index in [1.807, 2.05) is 25.1 Å². The molecule has 0 spiro atoms. The van der Waals surface area contributed by atoms with E-state index >= 15 is 0 Å². The summed E-state index contributed by atoms with van der Waals surface area (Å²) >= 11 is 0. The number of hydrogen-bond donors (Lipinski definition) is 1. The summed E-state index contributed by atoms with van der Waals surface area (Å²) < 4.78 is 17.2. The van der Waals surface area contributed by atoms with Gasteiger partial charge in [0.15, 0.2) is 0 Å². The standard InChI is InChI=1S/C24H27NO4/c1-4-5-8-17-12-22(26)29-24-16(2)23-19(11-20(17)24)14-25(15-28-23)13-18-9-6-7-10-21(18)27-3/h6-7,9-12H,4-5,8,13-15H2,1-3H3/p+1. The average Bonchev–Trinajstić information content (AvgIpc) is 2.73. The van der Waals surface area contributed by atoms with Crippen molar-refractivity contribution in [3.63, 3.8) is 0 Å². The number of para-hydroxylation sites is 1. The van der Waals surface area contributed by atoms with Gasteiger partial charge in [0.05, 0.1) is 7.11 Å². The number of nitrogens with one attached hydrogen (secondary N) is 1. The Labute approximate surface area is 170 Å². The van der Waals surface area contributed by atoms with Crippen LogP contribution in [0.4, 0.5) is 0 Å². The van der Waals surface area contributed by atoms with Gasteiger partial charge in [0.25, 0.3) is 0 Å². The summed E-state index contributed by atoms with van der Waals surface area (Å²) in [5.41, 5.74) is 4.70. The first kappa shape index (κ1) is 19.5. The fourth-order valence-electron chi connectivity index (χ4n) is 4.20. The van der Waals surface area contributed by atoms with E-state index in [-0.39, 0.29) is 5.63 Å². The van der Waals surface area contributed by atoms with E-state index in [0.717, 1.165) is 65.9 Å². The Hall–Kier alpha value is -2.79. The smallest absolute Gasteiger partial charge is 0.336 e. The van der Waals surface area contributed by atoms with Crippen LogP contribution in [-0.2, 0) is 19.5 Å². The molecule has 1 aliphatic rings. The Morgan fingerprint density at radius 1 is 1.17 bits per heavy atom. The van der Waals surface area contributed by atoms with Crippen molar-refractivity contribution >= 4 is 11.0 Å². The lowest BCUT2D eigenvalue weighted by molar-refractivity contribution is -0.945. The zero-order chi connectivity index (χ0) is 20.4. The maximum Gasteiger partial charge on any atom is 0.336 e. The molecule has 2 aromatic carbocycles. The zero-order valence-electron chi connectivity index (χ0n) is 17.3. The third-order valence-electron chi connectivity index (χ3n) is 5.67. The Balaban J connectivity index is 1.69. The van der Waals surface area contributed by atoms with E-state index in [1.54, 1.807) is 13.2 Å². The summed E-state index contributed by atoms with van der Waals surface area (Å²) in [7, 11) is 1.71. The van der Waals surface area contributed by atoms with Crippen molar-refractivity contribution in [1.82, 2.24) is 0 Å². The van der Waals surface area contributed by atoms with Crippen molar-refractivity contribution in [3.05, 3.63) is 69.1 Å². The second kappa shape index (κ2) is 8.29. The fraction of sp³-hybridized carbons (Fsp3) is 0.375. The first-order valence-electron chi connectivity index (χ1n) is 10.3. The third kappa shape index (κ3) is 3.87. The number of aryl methyl sites for hydroxylation is 2. The molecular formula is C24H28NO4+. The quantitative estimate of drug-likeness (QED) is 0.651. The number of hydrogen-bond acceptors (Lipinski definition) is 4. The number of rotatable bonds is 6. The minimum atomic E-state index is -0.286. The van der Waals surface area contributed by atoms with E-state index < -0.39 is 0 Å². The van der Waals surface area contributed by atoms with Crippen LogP contribution in [0.25, 0.3) is 11.0 Å². The van der Waals surface area contributed by atoms with E-state index in [1.165, 1.54) is 10.5 Å². The van der Waals surface area contributed by atoms with Gasteiger partial charge in [-0.05, 0) is 43.5 Å². The molecule has 3 aromatic rings. The maximum absolute atomic E-state index is 12.1. The molecule has 2 heterocycles. The van der Waals surface area contributed by atoms with Crippen molar-refractivity contribution in [1.29, 1.82) is 0 Å². The molecule has 5 heteroatoms. The molecule has 1 unspecified atom stereocenters. The van der Waals surface area contributed by atoms with Crippen LogP contribution in [-0.4, -0.2) is 13.8 Å². The highest BCUT2D eigenvalue weighted by atomic mass is 16.5. The molecule has 0 aliphatic carbocycles. The van der Waals surface area contributed by atoms with Crippen LogP contribution < -0.4 is 20.0 Å². The minimum absolute atomic E-state index is 0.286. The molecule has 29 heavy (non-hydrogen) atoms. The van der Waals surface area contributed by atoms with Gasteiger partial charge >= 0.3 is 5.63 Å². The highest BCUT2D eigenvalue weighted by Gasteiger charge is 2.26. The van der Waals surface area contributed by atoms with Crippen LogP contribution >= 0.6 is 0 Å². The van der Waals surface area contributed by atoms with Gasteiger partial charge in [-0.3, -0.25) is 4.90 Å². The van der Waals surface area contributed by atoms with Gasteiger partial charge in [0.2, 0.25) is 6.73 Å². The molecule has 5 nitrogen and oxygen atoms in total. The minimum Gasteiger partial charge on any atom is -0.496 e. The van der Waals surface area contributed by atoms with Gasteiger partial charge in [-0.15, -0.1) is 0 Å². The molecule has 0 bridgehead atoms. The Morgan fingerprint density at radius 3 is 2.79 bits per heavy atom. The topological polar surface area (TPSA) is 53.1 Å². The van der Waals surface area contributed by atoms with E-state index in [2.05, 4.69) is 19.1 Å². The normalized spacial score (nSPS) is 15.8. The van der Waals surface area contributed by atoms with Gasteiger partial charge in [-0.2, -0.15) is 0 Å². The van der Waals surface area contributed by atoms with Crippen molar-refractivity contribution < 1.29 is 18.8 Å². The number of fused-ring (bicyclic) bond motifs is 2. The van der Waals surface area contributed by atoms with Crippen LogP contribution in [0.2, 0.25) is 0 Å². The predicted octanol–water partition coefficient (Wildman–Crippen LogP) is 3.39. The zero-order valence-corrected chi connectivity index (χ0v) is 17.3. The Bertz CT molecular complexity index is 1090. The van der Waals surface area contributed by atoms with Gasteiger partial charge < -0.3 is 13.9 Å². The van der Waals surface area contributed by atoms with E-state index in [4.69, 9.17) is 13.9 Å². The maximum atomic E-state index is 12.1. The van der Waals surface area contributed by atoms with E-state index in [9.17, 15) is 4.79 Å². The summed E-state index contributed by atoms with van der Waals surface area (Å²) in [6, 6.07) is 11.9. The fourth-order valence-corrected chi connectivity index (χ4v) is 4.20. The summed E-state index contributed by atoms with van der Waals surface area (Å²) in [6.45, 7) is 6.40. The second-order valence-electron chi connectivity index (χ2n) is 7.76. The van der Waals surface area contributed by atoms with Crippen LogP contribution in [0.3, 0.4) is 0 Å². The molecule has 0 saturated carbocycles. The number of methoxy groups -OCH3 is 1. The molecule has 1 aromatic heterocycles. The Morgan fingerprint density at radius 2 is 2.00 bits per heavy atom. The molecule has 1 atom stereocenters.